The van der Waals surface area contributed by atoms with Gasteiger partial charge in [-0.05, 0) is 25.3 Å². The van der Waals surface area contributed by atoms with E-state index >= 15 is 0 Å². The van der Waals surface area contributed by atoms with Gasteiger partial charge in [0.1, 0.15) is 0 Å². The second-order valence-corrected chi connectivity index (χ2v) is 3.56. The van der Waals surface area contributed by atoms with Crippen molar-refractivity contribution in [2.75, 3.05) is 26.7 Å². The summed E-state index contributed by atoms with van der Waals surface area (Å²) in [4.78, 5) is 13.1. The first-order valence-electron chi connectivity index (χ1n) is 5.51. The number of piperidine rings is 1. The molecular weight excluding hydrogens is 178 g/mol. The predicted molar refractivity (Wildman–Crippen MR) is 58.2 cm³/mol. The van der Waals surface area contributed by atoms with Crippen LogP contribution in [0.15, 0.2) is 0 Å². The van der Waals surface area contributed by atoms with Gasteiger partial charge in [-0.2, -0.15) is 0 Å². The van der Waals surface area contributed by atoms with Crippen LogP contribution in [0.4, 0.5) is 0 Å². The maximum Gasteiger partial charge on any atom is 0.319 e. The average Bonchev–Trinajstić information content (AvgIpc) is 2.21. The zero-order valence-corrected chi connectivity index (χ0v) is 9.88. The lowest BCUT2D eigenvalue weighted by Crippen LogP contribution is -2.38. The molecular formula is C11H23NO2. The Morgan fingerprint density at radius 3 is 2.64 bits per heavy atom. The van der Waals surface area contributed by atoms with E-state index in [9.17, 15) is 4.79 Å². The number of carbonyl (C=O) groups is 1. The second-order valence-electron chi connectivity index (χ2n) is 3.56. The highest BCUT2D eigenvalue weighted by Crippen LogP contribution is 2.14. The topological polar surface area (TPSA) is 29.5 Å². The third-order valence-corrected chi connectivity index (χ3v) is 2.32. The maximum absolute atomic E-state index is 10.9. The Labute approximate surface area is 87.4 Å². The van der Waals surface area contributed by atoms with Crippen LogP contribution in [-0.4, -0.2) is 37.6 Å². The summed E-state index contributed by atoms with van der Waals surface area (Å²) < 4.78 is 4.61. The molecule has 1 heterocycles. The number of rotatable bonds is 2. The van der Waals surface area contributed by atoms with Crippen LogP contribution in [-0.2, 0) is 9.53 Å². The second kappa shape index (κ2) is 7.80. The summed E-state index contributed by atoms with van der Waals surface area (Å²) in [6, 6.07) is 0. The lowest BCUT2D eigenvalue weighted by molar-refractivity contribution is -0.142. The van der Waals surface area contributed by atoms with Gasteiger partial charge < -0.3 is 4.74 Å². The fourth-order valence-electron chi connectivity index (χ4n) is 1.68. The number of ether oxygens (including phenoxy) is 1. The molecule has 3 nitrogen and oxygen atoms in total. The van der Waals surface area contributed by atoms with Crippen LogP contribution < -0.4 is 0 Å². The molecule has 1 atom stereocenters. The van der Waals surface area contributed by atoms with Crippen LogP contribution in [0.1, 0.15) is 33.6 Å². The zero-order chi connectivity index (χ0) is 11.0. The molecule has 0 spiro atoms. The van der Waals surface area contributed by atoms with Crippen LogP contribution in [0.25, 0.3) is 0 Å². The molecule has 0 bridgehead atoms. The van der Waals surface area contributed by atoms with E-state index in [1.54, 1.807) is 0 Å². The van der Waals surface area contributed by atoms with Crippen molar-refractivity contribution in [1.29, 1.82) is 0 Å². The third kappa shape index (κ3) is 5.22. The van der Waals surface area contributed by atoms with Crippen molar-refractivity contribution in [3.05, 3.63) is 0 Å². The fourth-order valence-corrected chi connectivity index (χ4v) is 1.68. The quantitative estimate of drug-likeness (QED) is 0.639. The summed E-state index contributed by atoms with van der Waals surface area (Å²) >= 11 is 0. The van der Waals surface area contributed by atoms with Gasteiger partial charge in [-0.3, -0.25) is 9.69 Å². The third-order valence-electron chi connectivity index (χ3n) is 2.32. The van der Waals surface area contributed by atoms with E-state index in [1.165, 1.54) is 20.0 Å². The number of methoxy groups -OCH3 is 1. The Morgan fingerprint density at radius 1 is 1.50 bits per heavy atom. The number of nitrogens with zero attached hydrogens (tertiary/aromatic N) is 1. The summed E-state index contributed by atoms with van der Waals surface area (Å²) in [6.07, 6.45) is 2.50. The van der Waals surface area contributed by atoms with Gasteiger partial charge in [-0.1, -0.05) is 20.8 Å². The maximum atomic E-state index is 10.9. The Morgan fingerprint density at radius 2 is 2.14 bits per heavy atom. The molecule has 0 aromatic carbocycles. The number of carbonyl (C=O) groups excluding carboxylic acids is 1. The van der Waals surface area contributed by atoms with Crippen LogP contribution >= 0.6 is 0 Å². The van der Waals surface area contributed by atoms with E-state index in [-0.39, 0.29) is 5.97 Å². The average molecular weight is 201 g/mol. The molecule has 0 saturated carbocycles. The summed E-state index contributed by atoms with van der Waals surface area (Å²) in [5.41, 5.74) is 0. The molecule has 0 aromatic heterocycles. The molecule has 1 aliphatic heterocycles. The Balaban J connectivity index is 0.000000791. The fraction of sp³-hybridized carbons (Fsp3) is 0.909. The molecule has 0 N–H and O–H groups in total. The van der Waals surface area contributed by atoms with Crippen molar-refractivity contribution in [1.82, 2.24) is 4.90 Å². The van der Waals surface area contributed by atoms with Gasteiger partial charge in [0.2, 0.25) is 0 Å². The van der Waals surface area contributed by atoms with Gasteiger partial charge in [0.15, 0.2) is 0 Å². The summed E-state index contributed by atoms with van der Waals surface area (Å²) in [5, 5.41) is 0. The van der Waals surface area contributed by atoms with Crippen molar-refractivity contribution in [3.8, 4) is 0 Å². The van der Waals surface area contributed by atoms with Gasteiger partial charge >= 0.3 is 5.97 Å². The van der Waals surface area contributed by atoms with Gasteiger partial charge in [0.05, 0.1) is 13.7 Å². The molecule has 1 unspecified atom stereocenters. The highest BCUT2D eigenvalue weighted by atomic mass is 16.5. The molecule has 14 heavy (non-hydrogen) atoms. The lowest BCUT2D eigenvalue weighted by Gasteiger charge is -2.29. The first-order chi connectivity index (χ1) is 6.72. The van der Waals surface area contributed by atoms with E-state index in [2.05, 4.69) is 16.6 Å². The lowest BCUT2D eigenvalue weighted by atomic mass is 10.0. The van der Waals surface area contributed by atoms with E-state index in [0.717, 1.165) is 19.0 Å². The number of hydrogen-bond donors (Lipinski definition) is 0. The van der Waals surface area contributed by atoms with Crippen LogP contribution in [0.3, 0.4) is 0 Å². The molecule has 3 heteroatoms. The van der Waals surface area contributed by atoms with Gasteiger partial charge in [-0.25, -0.2) is 0 Å². The smallest absolute Gasteiger partial charge is 0.319 e. The molecule has 1 saturated heterocycles. The molecule has 1 aliphatic rings. The van der Waals surface area contributed by atoms with Crippen LogP contribution in [0, 0.1) is 5.92 Å². The first-order valence-corrected chi connectivity index (χ1v) is 5.51. The van der Waals surface area contributed by atoms with E-state index in [1.807, 2.05) is 13.8 Å². The number of hydrogen-bond acceptors (Lipinski definition) is 3. The molecule has 0 radical (unpaired) electrons. The van der Waals surface area contributed by atoms with Gasteiger partial charge in [0.25, 0.3) is 0 Å². The molecule has 1 rings (SSSR count). The molecule has 0 aromatic rings. The number of likely N-dealkylation sites (tertiary alicyclic amines) is 1. The largest absolute Gasteiger partial charge is 0.468 e. The molecule has 0 amide bonds. The highest BCUT2D eigenvalue weighted by Gasteiger charge is 2.18. The highest BCUT2D eigenvalue weighted by molar-refractivity contribution is 5.71. The van der Waals surface area contributed by atoms with Crippen molar-refractivity contribution in [3.63, 3.8) is 0 Å². The van der Waals surface area contributed by atoms with E-state index in [4.69, 9.17) is 0 Å². The Hall–Kier alpha value is -0.570. The summed E-state index contributed by atoms with van der Waals surface area (Å²) in [7, 11) is 1.44. The molecule has 84 valence electrons. The number of esters is 1. The minimum Gasteiger partial charge on any atom is -0.468 e. The zero-order valence-electron chi connectivity index (χ0n) is 9.88. The SMILES string of the molecule is CC.COC(=O)CN1CCCC(C)C1. The standard InChI is InChI=1S/C9H17NO2.C2H6/c1-8-4-3-5-10(6-8)7-9(11)12-2;1-2/h8H,3-7H2,1-2H3;1-2H3. The van der Waals surface area contributed by atoms with Crippen LogP contribution in [0.2, 0.25) is 0 Å². The van der Waals surface area contributed by atoms with E-state index in [0.29, 0.717) is 6.54 Å². The minimum atomic E-state index is -0.121. The van der Waals surface area contributed by atoms with Gasteiger partial charge in [-0.15, -0.1) is 0 Å². The van der Waals surface area contributed by atoms with E-state index < -0.39 is 0 Å². The minimum absolute atomic E-state index is 0.121. The van der Waals surface area contributed by atoms with Crippen LogP contribution in [0.5, 0.6) is 0 Å². The molecule has 0 aliphatic carbocycles. The monoisotopic (exact) mass is 201 g/mol. The van der Waals surface area contributed by atoms with Crippen molar-refractivity contribution in [2.24, 2.45) is 5.92 Å². The first kappa shape index (κ1) is 13.4. The van der Waals surface area contributed by atoms with Crippen molar-refractivity contribution >= 4 is 5.97 Å². The Kier molecular flexibility index (Phi) is 7.48. The Bertz CT molecular complexity index is 159. The molecule has 1 fully saturated rings. The van der Waals surface area contributed by atoms with Gasteiger partial charge in [0, 0.05) is 6.54 Å². The summed E-state index contributed by atoms with van der Waals surface area (Å²) in [5.74, 6) is 0.604. The summed E-state index contributed by atoms with van der Waals surface area (Å²) in [6.45, 7) is 8.76. The van der Waals surface area contributed by atoms with Crippen molar-refractivity contribution < 1.29 is 9.53 Å². The normalized spacial score (nSPS) is 22.1. The predicted octanol–water partition coefficient (Wildman–Crippen LogP) is 1.92. The van der Waals surface area contributed by atoms with Crippen molar-refractivity contribution in [2.45, 2.75) is 33.6 Å².